The number of anilines is 1. The van der Waals surface area contributed by atoms with Gasteiger partial charge in [0.15, 0.2) is 5.82 Å². The van der Waals surface area contributed by atoms with E-state index in [0.29, 0.717) is 57.3 Å². The molecule has 2 heterocycles. The molecule has 7 rings (SSSR count). The fraction of sp³-hybridized carbons (Fsp3) is 0.321. The largest absolute Gasteiger partial charge is 0.367 e. The Kier molecular flexibility index (Phi) is 5.25. The van der Waals surface area contributed by atoms with E-state index in [0.717, 1.165) is 12.0 Å². The second-order valence-electron chi connectivity index (χ2n) is 9.84. The van der Waals surface area contributed by atoms with Crippen molar-refractivity contribution >= 4 is 16.7 Å². The highest BCUT2D eigenvalue weighted by Crippen LogP contribution is 2.46. The number of hydrogen-bond acceptors (Lipinski definition) is 4. The third-order valence-electron chi connectivity index (χ3n) is 7.95. The zero-order chi connectivity index (χ0) is 24.1. The van der Waals surface area contributed by atoms with Crippen LogP contribution < -0.4 is 5.32 Å². The predicted octanol–water partition coefficient (Wildman–Crippen LogP) is 6.68. The van der Waals surface area contributed by atoms with Crippen molar-refractivity contribution in [1.29, 1.82) is 5.26 Å². The predicted molar refractivity (Wildman–Crippen MR) is 131 cm³/mol. The molecule has 5 nitrogen and oxygen atoms in total. The molecule has 3 aliphatic rings. The summed E-state index contributed by atoms with van der Waals surface area (Å²) in [7, 11) is 0. The molecule has 0 radical (unpaired) electrons. The van der Waals surface area contributed by atoms with Gasteiger partial charge in [0.1, 0.15) is 17.5 Å². The molecule has 2 aromatic carbocycles. The third-order valence-corrected chi connectivity index (χ3v) is 7.95. The van der Waals surface area contributed by atoms with Gasteiger partial charge in [-0.2, -0.15) is 5.26 Å². The summed E-state index contributed by atoms with van der Waals surface area (Å²) in [5.74, 6) is 1.54. The van der Waals surface area contributed by atoms with E-state index in [1.807, 2.05) is 24.3 Å². The maximum atomic E-state index is 14.4. The number of nitrogens with zero attached hydrogens (tertiary/aromatic N) is 3. The number of nitriles is 1. The molecule has 2 N–H and O–H groups in total. The van der Waals surface area contributed by atoms with E-state index in [1.165, 1.54) is 31.7 Å². The topological polar surface area (TPSA) is 77.4 Å². The molecule has 4 aromatic rings. The van der Waals surface area contributed by atoms with Gasteiger partial charge in [-0.05, 0) is 55.6 Å². The standard InChI is InChI=1S/C28H25F2N5/c1-15-16-6-8-17(9-7-16)26(15)34-25-12-24(20-5-3-2-4-18(20)13-31)33-28(35-25)22-14-32-27-21(22)10-19(29)11-23(27)30/h2-5,10-12,14-17,26,32H,6-9H2,1H3,(H,33,34,35). The van der Waals surface area contributed by atoms with Crippen LogP contribution in [-0.2, 0) is 0 Å². The number of H-pyrrole nitrogens is 1. The Bertz CT molecular complexity index is 1460. The molecular formula is C28H25F2N5. The Morgan fingerprint density at radius 1 is 1.00 bits per heavy atom. The normalized spacial score (nSPS) is 23.4. The number of halogens is 2. The van der Waals surface area contributed by atoms with E-state index in [2.05, 4.69) is 23.3 Å². The van der Waals surface area contributed by atoms with Gasteiger partial charge in [-0.1, -0.05) is 25.1 Å². The zero-order valence-corrected chi connectivity index (χ0v) is 19.4. The summed E-state index contributed by atoms with van der Waals surface area (Å²) in [6, 6.07) is 13.9. The lowest BCUT2D eigenvalue weighted by Gasteiger charge is -2.47. The molecule has 0 aliphatic heterocycles. The highest BCUT2D eigenvalue weighted by atomic mass is 19.1. The van der Waals surface area contributed by atoms with E-state index in [-0.39, 0.29) is 5.52 Å². The Balaban J connectivity index is 1.50. The molecule has 3 saturated carbocycles. The summed E-state index contributed by atoms with van der Waals surface area (Å²) in [4.78, 5) is 12.5. The molecule has 3 aliphatic carbocycles. The van der Waals surface area contributed by atoms with E-state index in [1.54, 1.807) is 12.3 Å². The molecule has 3 fully saturated rings. The Morgan fingerprint density at radius 3 is 2.54 bits per heavy atom. The average Bonchev–Trinajstić information content (AvgIpc) is 3.30. The summed E-state index contributed by atoms with van der Waals surface area (Å²) in [6.45, 7) is 2.31. The third kappa shape index (κ3) is 3.74. The van der Waals surface area contributed by atoms with E-state index >= 15 is 0 Å². The quantitative estimate of drug-likeness (QED) is 0.350. The van der Waals surface area contributed by atoms with Crippen molar-refractivity contribution < 1.29 is 8.78 Å². The van der Waals surface area contributed by atoms with Crippen LogP contribution in [0, 0.1) is 40.7 Å². The molecule has 2 atom stereocenters. The lowest BCUT2D eigenvalue weighted by molar-refractivity contribution is 0.0928. The first kappa shape index (κ1) is 21.7. The lowest BCUT2D eigenvalue weighted by Crippen LogP contribution is -2.47. The van der Waals surface area contributed by atoms with Gasteiger partial charge in [0, 0.05) is 40.9 Å². The summed E-state index contributed by atoms with van der Waals surface area (Å²) >= 11 is 0. The molecule has 176 valence electrons. The summed E-state index contributed by atoms with van der Waals surface area (Å²) in [5.41, 5.74) is 2.51. The van der Waals surface area contributed by atoms with Crippen LogP contribution in [0.1, 0.15) is 38.2 Å². The van der Waals surface area contributed by atoms with E-state index < -0.39 is 11.6 Å². The molecular weight excluding hydrogens is 444 g/mol. The average molecular weight is 470 g/mol. The lowest BCUT2D eigenvalue weighted by atomic mass is 9.62. The zero-order valence-electron chi connectivity index (χ0n) is 19.4. The van der Waals surface area contributed by atoms with Crippen LogP contribution in [0.5, 0.6) is 0 Å². The van der Waals surface area contributed by atoms with E-state index in [9.17, 15) is 14.0 Å². The Labute approximate surface area is 202 Å². The smallest absolute Gasteiger partial charge is 0.164 e. The second-order valence-corrected chi connectivity index (χ2v) is 9.84. The minimum atomic E-state index is -0.664. The number of fused-ring (bicyclic) bond motifs is 4. The molecule has 0 amide bonds. The van der Waals surface area contributed by atoms with Crippen molar-refractivity contribution in [3.05, 3.63) is 65.9 Å². The number of nitrogens with one attached hydrogen (secondary N) is 2. The van der Waals surface area contributed by atoms with Crippen LogP contribution >= 0.6 is 0 Å². The molecule has 2 aromatic heterocycles. The Hall–Kier alpha value is -3.79. The second kappa shape index (κ2) is 8.46. The van der Waals surface area contributed by atoms with Gasteiger partial charge in [-0.25, -0.2) is 18.7 Å². The first-order valence-corrected chi connectivity index (χ1v) is 12.1. The fourth-order valence-electron chi connectivity index (χ4n) is 6.10. The number of hydrogen-bond donors (Lipinski definition) is 2. The highest BCUT2D eigenvalue weighted by Gasteiger charge is 2.41. The van der Waals surface area contributed by atoms with Gasteiger partial charge in [0.05, 0.1) is 22.8 Å². The number of rotatable bonds is 4. The van der Waals surface area contributed by atoms with Gasteiger partial charge in [-0.15, -0.1) is 0 Å². The molecule has 2 unspecified atom stereocenters. The van der Waals surface area contributed by atoms with Crippen LogP contribution in [0.15, 0.2) is 48.7 Å². The van der Waals surface area contributed by atoms with Gasteiger partial charge in [-0.3, -0.25) is 0 Å². The first-order valence-electron chi connectivity index (χ1n) is 12.1. The van der Waals surface area contributed by atoms with E-state index in [4.69, 9.17) is 9.97 Å². The van der Waals surface area contributed by atoms with Crippen molar-refractivity contribution in [2.24, 2.45) is 17.8 Å². The van der Waals surface area contributed by atoms with Crippen LogP contribution in [0.25, 0.3) is 33.5 Å². The number of aromatic nitrogens is 3. The first-order chi connectivity index (χ1) is 17.0. The Morgan fingerprint density at radius 2 is 1.77 bits per heavy atom. The van der Waals surface area contributed by atoms with Crippen LogP contribution in [0.3, 0.4) is 0 Å². The summed E-state index contributed by atoms with van der Waals surface area (Å²) < 4.78 is 28.5. The van der Waals surface area contributed by atoms with Gasteiger partial charge in [0.2, 0.25) is 0 Å². The molecule has 2 bridgehead atoms. The maximum Gasteiger partial charge on any atom is 0.164 e. The number of aromatic amines is 1. The van der Waals surface area contributed by atoms with Crippen molar-refractivity contribution in [2.45, 2.75) is 38.6 Å². The number of benzene rings is 2. The summed E-state index contributed by atoms with van der Waals surface area (Å²) in [5, 5.41) is 13.7. The van der Waals surface area contributed by atoms with Crippen molar-refractivity contribution in [3.63, 3.8) is 0 Å². The molecule has 0 saturated heterocycles. The summed E-state index contributed by atoms with van der Waals surface area (Å²) in [6.07, 6.45) is 6.61. The molecule has 7 heteroatoms. The maximum absolute atomic E-state index is 14.4. The fourth-order valence-corrected chi connectivity index (χ4v) is 6.10. The van der Waals surface area contributed by atoms with Crippen LogP contribution in [-0.4, -0.2) is 21.0 Å². The molecule has 35 heavy (non-hydrogen) atoms. The van der Waals surface area contributed by atoms with Crippen molar-refractivity contribution in [2.75, 3.05) is 5.32 Å². The van der Waals surface area contributed by atoms with Crippen molar-refractivity contribution in [1.82, 2.24) is 15.0 Å². The van der Waals surface area contributed by atoms with Crippen LogP contribution in [0.4, 0.5) is 14.6 Å². The monoisotopic (exact) mass is 469 g/mol. The van der Waals surface area contributed by atoms with Gasteiger partial charge in [0.25, 0.3) is 0 Å². The SMILES string of the molecule is CC1C2CCC(CC2)C1Nc1cc(-c2ccccc2C#N)nc(-c2c[nH]c3c(F)cc(F)cc23)n1. The minimum absolute atomic E-state index is 0.209. The van der Waals surface area contributed by atoms with Crippen LogP contribution in [0.2, 0.25) is 0 Å². The van der Waals surface area contributed by atoms with Gasteiger partial charge >= 0.3 is 0 Å². The van der Waals surface area contributed by atoms with Gasteiger partial charge < -0.3 is 10.3 Å². The van der Waals surface area contributed by atoms with Crippen molar-refractivity contribution in [3.8, 4) is 28.7 Å². The molecule has 0 spiro atoms. The highest BCUT2D eigenvalue weighted by molar-refractivity contribution is 5.94. The minimum Gasteiger partial charge on any atom is -0.367 e.